The number of nitrogens with zero attached hydrogens (tertiary/aromatic N) is 2. The molecule has 1 fully saturated rings. The average molecular weight is 306 g/mol. The van der Waals surface area contributed by atoms with Crippen LogP contribution in [0.4, 0.5) is 0 Å². The van der Waals surface area contributed by atoms with Crippen molar-refractivity contribution in [1.82, 2.24) is 9.80 Å². The number of para-hydroxylation sites is 1. The van der Waals surface area contributed by atoms with Gasteiger partial charge in [-0.2, -0.15) is 0 Å². The molecule has 2 atom stereocenters. The number of rotatable bonds is 4. The van der Waals surface area contributed by atoms with Crippen LogP contribution in [0.5, 0.6) is 11.5 Å². The molecular formula is C17H26N2O3. The van der Waals surface area contributed by atoms with Gasteiger partial charge in [-0.05, 0) is 19.5 Å². The zero-order valence-corrected chi connectivity index (χ0v) is 13.5. The largest absolute Gasteiger partial charge is 0.490 e. The number of aliphatic hydroxyl groups excluding tert-OH is 1. The van der Waals surface area contributed by atoms with Gasteiger partial charge in [0.25, 0.3) is 0 Å². The first-order valence-electron chi connectivity index (χ1n) is 8.27. The summed E-state index contributed by atoms with van der Waals surface area (Å²) in [7, 11) is 0. The molecule has 22 heavy (non-hydrogen) atoms. The van der Waals surface area contributed by atoms with Crippen molar-refractivity contribution < 1.29 is 14.6 Å². The van der Waals surface area contributed by atoms with E-state index >= 15 is 0 Å². The number of ether oxygens (including phenoxy) is 2. The normalized spacial score (nSPS) is 26.3. The molecule has 0 bridgehead atoms. The Morgan fingerprint density at radius 3 is 2.68 bits per heavy atom. The maximum atomic E-state index is 10.5. The van der Waals surface area contributed by atoms with E-state index in [1.807, 2.05) is 19.1 Å². The molecule has 2 aliphatic heterocycles. The van der Waals surface area contributed by atoms with Crippen LogP contribution in [-0.2, 0) is 0 Å². The molecule has 2 aliphatic rings. The first-order valence-corrected chi connectivity index (χ1v) is 8.27. The summed E-state index contributed by atoms with van der Waals surface area (Å²) >= 11 is 0. The lowest BCUT2D eigenvalue weighted by Gasteiger charge is -2.43. The van der Waals surface area contributed by atoms with E-state index < -0.39 is 6.10 Å². The van der Waals surface area contributed by atoms with Crippen LogP contribution in [0.2, 0.25) is 0 Å². The molecule has 2 heterocycles. The SMILES string of the molecule is CCOc1cccc2c1OCC(O)C2N1CCN(CC)CC1. The van der Waals surface area contributed by atoms with Crippen LogP contribution in [0, 0.1) is 0 Å². The molecule has 0 amide bonds. The van der Waals surface area contributed by atoms with Crippen LogP contribution in [0.3, 0.4) is 0 Å². The molecule has 5 nitrogen and oxygen atoms in total. The molecule has 0 spiro atoms. The minimum atomic E-state index is -0.488. The summed E-state index contributed by atoms with van der Waals surface area (Å²) in [5, 5.41) is 10.5. The van der Waals surface area contributed by atoms with E-state index in [9.17, 15) is 5.11 Å². The quantitative estimate of drug-likeness (QED) is 0.914. The van der Waals surface area contributed by atoms with Crippen molar-refractivity contribution in [3.8, 4) is 11.5 Å². The molecule has 1 aromatic carbocycles. The van der Waals surface area contributed by atoms with Gasteiger partial charge in [-0.1, -0.05) is 19.1 Å². The number of aliphatic hydroxyl groups is 1. The van der Waals surface area contributed by atoms with Crippen LogP contribution in [0.25, 0.3) is 0 Å². The molecular weight excluding hydrogens is 280 g/mol. The van der Waals surface area contributed by atoms with E-state index in [0.29, 0.717) is 13.2 Å². The Kier molecular flexibility index (Phi) is 4.86. The highest BCUT2D eigenvalue weighted by molar-refractivity contribution is 5.49. The number of benzene rings is 1. The second-order valence-corrected chi connectivity index (χ2v) is 5.90. The first-order chi connectivity index (χ1) is 10.7. The summed E-state index contributed by atoms with van der Waals surface area (Å²) in [4.78, 5) is 4.83. The van der Waals surface area contributed by atoms with Crippen molar-refractivity contribution in [1.29, 1.82) is 0 Å². The Morgan fingerprint density at radius 2 is 2.00 bits per heavy atom. The molecule has 0 saturated carbocycles. The van der Waals surface area contributed by atoms with E-state index in [1.165, 1.54) is 0 Å². The predicted octanol–water partition coefficient (Wildman–Crippen LogP) is 1.52. The van der Waals surface area contributed by atoms with E-state index in [1.54, 1.807) is 0 Å². The maximum Gasteiger partial charge on any atom is 0.166 e. The summed E-state index contributed by atoms with van der Waals surface area (Å²) in [6.45, 7) is 10.3. The van der Waals surface area contributed by atoms with Crippen molar-refractivity contribution in [2.45, 2.75) is 26.0 Å². The van der Waals surface area contributed by atoms with Gasteiger partial charge in [0.15, 0.2) is 11.5 Å². The second kappa shape index (κ2) is 6.86. The Bertz CT molecular complexity index is 501. The zero-order valence-electron chi connectivity index (χ0n) is 13.5. The number of hydrogen-bond acceptors (Lipinski definition) is 5. The lowest BCUT2D eigenvalue weighted by molar-refractivity contribution is -0.0183. The van der Waals surface area contributed by atoms with Gasteiger partial charge in [-0.15, -0.1) is 0 Å². The third kappa shape index (κ3) is 2.93. The van der Waals surface area contributed by atoms with Gasteiger partial charge in [0, 0.05) is 31.7 Å². The smallest absolute Gasteiger partial charge is 0.166 e. The number of hydrogen-bond donors (Lipinski definition) is 1. The van der Waals surface area contributed by atoms with Gasteiger partial charge < -0.3 is 19.5 Å². The van der Waals surface area contributed by atoms with Crippen molar-refractivity contribution >= 4 is 0 Å². The maximum absolute atomic E-state index is 10.5. The second-order valence-electron chi connectivity index (χ2n) is 5.90. The fraction of sp³-hybridized carbons (Fsp3) is 0.647. The summed E-state index contributed by atoms with van der Waals surface area (Å²) in [6, 6.07) is 5.98. The molecule has 2 unspecified atom stereocenters. The minimum absolute atomic E-state index is 0.00293. The van der Waals surface area contributed by atoms with Gasteiger partial charge >= 0.3 is 0 Å². The highest BCUT2D eigenvalue weighted by Gasteiger charge is 2.36. The fourth-order valence-electron chi connectivity index (χ4n) is 3.45. The lowest BCUT2D eigenvalue weighted by Crippen LogP contribution is -2.51. The van der Waals surface area contributed by atoms with E-state index in [4.69, 9.17) is 9.47 Å². The zero-order chi connectivity index (χ0) is 15.5. The summed E-state index contributed by atoms with van der Waals surface area (Å²) in [6.07, 6.45) is -0.488. The first kappa shape index (κ1) is 15.6. The lowest BCUT2D eigenvalue weighted by atomic mass is 9.95. The van der Waals surface area contributed by atoms with Gasteiger partial charge in [0.1, 0.15) is 12.7 Å². The van der Waals surface area contributed by atoms with Crippen LogP contribution in [0.1, 0.15) is 25.5 Å². The molecule has 0 aliphatic carbocycles. The molecule has 122 valence electrons. The van der Waals surface area contributed by atoms with E-state index in [-0.39, 0.29) is 6.04 Å². The number of fused-ring (bicyclic) bond motifs is 1. The van der Waals surface area contributed by atoms with Crippen molar-refractivity contribution in [3.63, 3.8) is 0 Å². The van der Waals surface area contributed by atoms with Crippen LogP contribution < -0.4 is 9.47 Å². The molecule has 1 saturated heterocycles. The minimum Gasteiger partial charge on any atom is -0.490 e. The van der Waals surface area contributed by atoms with Crippen molar-refractivity contribution in [2.24, 2.45) is 0 Å². The molecule has 1 N–H and O–H groups in total. The standard InChI is InChI=1S/C17H26N2O3/c1-3-18-8-10-19(11-9-18)16-13-6-5-7-15(21-4-2)17(13)22-12-14(16)20/h5-7,14,16,20H,3-4,8-12H2,1-2H3. The van der Waals surface area contributed by atoms with Crippen LogP contribution in [-0.4, -0.2) is 66.9 Å². The Balaban J connectivity index is 1.85. The highest BCUT2D eigenvalue weighted by atomic mass is 16.5. The van der Waals surface area contributed by atoms with Gasteiger partial charge in [-0.25, -0.2) is 0 Å². The Labute approximate surface area is 132 Å². The Hall–Kier alpha value is -1.30. The number of likely N-dealkylation sites (N-methyl/N-ethyl adjacent to an activating group) is 1. The predicted molar refractivity (Wildman–Crippen MR) is 85.5 cm³/mol. The van der Waals surface area contributed by atoms with Crippen molar-refractivity contribution in [2.75, 3.05) is 45.9 Å². The van der Waals surface area contributed by atoms with E-state index in [0.717, 1.165) is 49.8 Å². The number of piperazine rings is 1. The van der Waals surface area contributed by atoms with Crippen LogP contribution in [0.15, 0.2) is 18.2 Å². The fourth-order valence-corrected chi connectivity index (χ4v) is 3.45. The van der Waals surface area contributed by atoms with Gasteiger partial charge in [0.05, 0.1) is 12.6 Å². The van der Waals surface area contributed by atoms with Gasteiger partial charge in [-0.3, -0.25) is 4.90 Å². The summed E-state index contributed by atoms with van der Waals surface area (Å²) in [5.74, 6) is 1.58. The monoisotopic (exact) mass is 306 g/mol. The Morgan fingerprint density at radius 1 is 1.23 bits per heavy atom. The van der Waals surface area contributed by atoms with E-state index in [2.05, 4.69) is 22.8 Å². The summed E-state index contributed by atoms with van der Waals surface area (Å²) in [5.41, 5.74) is 1.05. The van der Waals surface area contributed by atoms with Crippen molar-refractivity contribution in [3.05, 3.63) is 23.8 Å². The molecule has 0 aromatic heterocycles. The molecule has 0 radical (unpaired) electrons. The van der Waals surface area contributed by atoms with Gasteiger partial charge in [0.2, 0.25) is 0 Å². The van der Waals surface area contributed by atoms with Crippen LogP contribution >= 0.6 is 0 Å². The third-order valence-corrected chi connectivity index (χ3v) is 4.64. The molecule has 1 aromatic rings. The summed E-state index contributed by atoms with van der Waals surface area (Å²) < 4.78 is 11.4. The molecule has 5 heteroatoms. The third-order valence-electron chi connectivity index (χ3n) is 4.64. The average Bonchev–Trinajstić information content (AvgIpc) is 2.55. The topological polar surface area (TPSA) is 45.2 Å². The highest BCUT2D eigenvalue weighted by Crippen LogP contribution is 2.42. The molecule has 3 rings (SSSR count).